The minimum Gasteiger partial charge on any atom is -0.396 e. The van der Waals surface area contributed by atoms with Gasteiger partial charge in [-0.3, -0.25) is 5.10 Å². The number of hydrogen-bond donors (Lipinski definition) is 3. The second kappa shape index (κ2) is 3.54. The molecule has 2 aromatic rings. The summed E-state index contributed by atoms with van der Waals surface area (Å²) in [6.45, 7) is 0. The van der Waals surface area contributed by atoms with Gasteiger partial charge in [-0.05, 0) is 23.9 Å². The van der Waals surface area contributed by atoms with Crippen molar-refractivity contribution in [1.29, 1.82) is 0 Å². The van der Waals surface area contributed by atoms with Crippen molar-refractivity contribution >= 4 is 23.3 Å². The summed E-state index contributed by atoms with van der Waals surface area (Å²) in [4.78, 5) is 8.02. The molecule has 6 nitrogen and oxygen atoms in total. The zero-order valence-corrected chi connectivity index (χ0v) is 7.95. The molecule has 0 aromatic carbocycles. The molecule has 2 heterocycles. The highest BCUT2D eigenvalue weighted by molar-refractivity contribution is 7.99. The number of hydrogen-bond acceptors (Lipinski definition) is 6. The molecule has 0 radical (unpaired) electrons. The number of pyridine rings is 1. The Balaban J connectivity index is 2.22. The number of H-pyrrole nitrogens is 1. The summed E-state index contributed by atoms with van der Waals surface area (Å²) in [6, 6.07) is 3.49. The fourth-order valence-corrected chi connectivity index (χ4v) is 1.54. The molecule has 0 aliphatic heterocycles. The zero-order chi connectivity index (χ0) is 9.97. The molecule has 0 bridgehead atoms. The molecule has 2 aromatic heterocycles. The van der Waals surface area contributed by atoms with E-state index in [1.54, 1.807) is 12.1 Å². The topological polar surface area (TPSA) is 106 Å². The van der Waals surface area contributed by atoms with Gasteiger partial charge in [0.25, 0.3) is 0 Å². The quantitative estimate of drug-likeness (QED) is 0.664. The van der Waals surface area contributed by atoms with Gasteiger partial charge in [0.15, 0.2) is 5.16 Å². The van der Waals surface area contributed by atoms with Gasteiger partial charge >= 0.3 is 0 Å². The molecule has 0 aliphatic carbocycles. The molecule has 0 fully saturated rings. The molecule has 72 valence electrons. The Kier molecular flexibility index (Phi) is 2.23. The van der Waals surface area contributed by atoms with E-state index < -0.39 is 0 Å². The lowest BCUT2D eigenvalue weighted by atomic mass is 10.4. The minimum absolute atomic E-state index is 0.328. The van der Waals surface area contributed by atoms with E-state index in [0.717, 1.165) is 5.03 Å². The third-order valence-electron chi connectivity index (χ3n) is 1.53. The fraction of sp³-hybridized carbons (Fsp3) is 0. The van der Waals surface area contributed by atoms with Gasteiger partial charge in [-0.15, -0.1) is 0 Å². The number of nitrogens with two attached hydrogens (primary N) is 2. The van der Waals surface area contributed by atoms with E-state index in [1.165, 1.54) is 18.1 Å². The van der Waals surface area contributed by atoms with Crippen LogP contribution in [0.2, 0.25) is 0 Å². The normalized spacial score (nSPS) is 10.3. The highest BCUT2D eigenvalue weighted by Crippen LogP contribution is 2.24. The van der Waals surface area contributed by atoms with Crippen LogP contribution in [0.15, 0.2) is 28.6 Å². The molecular weight excluding hydrogens is 200 g/mol. The number of anilines is 2. The lowest BCUT2D eigenvalue weighted by molar-refractivity contribution is 0.968. The number of rotatable bonds is 2. The maximum absolute atomic E-state index is 5.55. The standard InChI is InChI=1S/C7H8N6S/c8-4-1-2-5(12-6(4)9)14-7-10-3-11-13-7/h1-3H,8H2,(H2,9,12)(H,10,11,13). The minimum atomic E-state index is 0.328. The summed E-state index contributed by atoms with van der Waals surface area (Å²) in [6.07, 6.45) is 1.43. The van der Waals surface area contributed by atoms with Crippen molar-refractivity contribution in [2.24, 2.45) is 0 Å². The summed E-state index contributed by atoms with van der Waals surface area (Å²) in [5.74, 6) is 0.328. The van der Waals surface area contributed by atoms with Crippen LogP contribution in [0.4, 0.5) is 11.5 Å². The van der Waals surface area contributed by atoms with Crippen molar-refractivity contribution in [3.8, 4) is 0 Å². The average molecular weight is 208 g/mol. The highest BCUT2D eigenvalue weighted by Gasteiger charge is 2.03. The summed E-state index contributed by atoms with van der Waals surface area (Å²) < 4.78 is 0. The van der Waals surface area contributed by atoms with Crippen molar-refractivity contribution in [3.63, 3.8) is 0 Å². The predicted octanol–water partition coefficient (Wildman–Crippen LogP) is 0.515. The van der Waals surface area contributed by atoms with Crippen molar-refractivity contribution in [2.75, 3.05) is 11.5 Å². The van der Waals surface area contributed by atoms with Gasteiger partial charge < -0.3 is 11.5 Å². The predicted molar refractivity (Wildman–Crippen MR) is 53.6 cm³/mol. The van der Waals surface area contributed by atoms with Gasteiger partial charge in [-0.2, -0.15) is 5.10 Å². The summed E-state index contributed by atoms with van der Waals surface area (Å²) in [7, 11) is 0. The number of nitrogen functional groups attached to an aromatic ring is 2. The second-order valence-electron chi connectivity index (χ2n) is 2.52. The molecule has 0 amide bonds. The van der Waals surface area contributed by atoms with Crippen LogP contribution < -0.4 is 11.5 Å². The molecule has 0 saturated heterocycles. The molecule has 14 heavy (non-hydrogen) atoms. The van der Waals surface area contributed by atoms with Crippen LogP contribution in [-0.4, -0.2) is 20.2 Å². The Morgan fingerprint density at radius 1 is 1.29 bits per heavy atom. The van der Waals surface area contributed by atoms with Gasteiger partial charge in [-0.1, -0.05) is 0 Å². The summed E-state index contributed by atoms with van der Waals surface area (Å²) in [5.41, 5.74) is 11.6. The van der Waals surface area contributed by atoms with Crippen LogP contribution >= 0.6 is 11.8 Å². The number of aromatic amines is 1. The molecule has 0 atom stereocenters. The van der Waals surface area contributed by atoms with Crippen LogP contribution in [0, 0.1) is 0 Å². The molecule has 5 N–H and O–H groups in total. The molecule has 7 heteroatoms. The second-order valence-corrected chi connectivity index (χ2v) is 3.53. The Morgan fingerprint density at radius 3 is 2.79 bits per heavy atom. The van der Waals surface area contributed by atoms with E-state index >= 15 is 0 Å². The largest absolute Gasteiger partial charge is 0.396 e. The third kappa shape index (κ3) is 1.77. The Bertz CT molecular complexity index is 426. The average Bonchev–Trinajstić information content (AvgIpc) is 2.64. The van der Waals surface area contributed by atoms with Crippen molar-refractivity contribution < 1.29 is 0 Å². The van der Waals surface area contributed by atoms with Crippen LogP contribution in [0.5, 0.6) is 0 Å². The fourth-order valence-electron chi connectivity index (χ4n) is 0.866. The van der Waals surface area contributed by atoms with E-state index in [4.69, 9.17) is 11.5 Å². The van der Waals surface area contributed by atoms with Crippen molar-refractivity contribution in [2.45, 2.75) is 10.2 Å². The molecule has 0 spiro atoms. The Hall–Kier alpha value is -1.76. The number of nitrogens with one attached hydrogen (secondary N) is 1. The molecule has 2 rings (SSSR count). The van der Waals surface area contributed by atoms with Crippen LogP contribution in [-0.2, 0) is 0 Å². The lowest BCUT2D eigenvalue weighted by Crippen LogP contribution is -1.97. The van der Waals surface area contributed by atoms with Crippen LogP contribution in [0.3, 0.4) is 0 Å². The van der Waals surface area contributed by atoms with E-state index in [-0.39, 0.29) is 0 Å². The van der Waals surface area contributed by atoms with E-state index in [2.05, 4.69) is 20.2 Å². The van der Waals surface area contributed by atoms with Crippen LogP contribution in [0.25, 0.3) is 0 Å². The Morgan fingerprint density at radius 2 is 2.14 bits per heavy atom. The van der Waals surface area contributed by atoms with Gasteiger partial charge in [0.2, 0.25) is 0 Å². The third-order valence-corrected chi connectivity index (χ3v) is 2.35. The first-order valence-electron chi connectivity index (χ1n) is 3.81. The van der Waals surface area contributed by atoms with Gasteiger partial charge in [0.05, 0.1) is 5.69 Å². The maximum atomic E-state index is 5.55. The molecular formula is C7H8N6S. The van der Waals surface area contributed by atoms with E-state index in [0.29, 0.717) is 16.7 Å². The Labute approximate surface area is 84.1 Å². The van der Waals surface area contributed by atoms with E-state index in [9.17, 15) is 0 Å². The maximum Gasteiger partial charge on any atom is 0.189 e. The van der Waals surface area contributed by atoms with Gasteiger partial charge in [0.1, 0.15) is 17.2 Å². The zero-order valence-electron chi connectivity index (χ0n) is 7.14. The molecule has 0 unspecified atom stereocenters. The first-order valence-corrected chi connectivity index (χ1v) is 4.62. The SMILES string of the molecule is Nc1ccc(Sc2ncn[nH]2)nc1N. The van der Waals surface area contributed by atoms with Crippen molar-refractivity contribution in [1.82, 2.24) is 20.2 Å². The van der Waals surface area contributed by atoms with Crippen molar-refractivity contribution in [3.05, 3.63) is 18.5 Å². The first-order chi connectivity index (χ1) is 6.75. The van der Waals surface area contributed by atoms with Gasteiger partial charge in [-0.25, -0.2) is 9.97 Å². The number of nitrogens with zero attached hydrogens (tertiary/aromatic N) is 3. The smallest absolute Gasteiger partial charge is 0.189 e. The van der Waals surface area contributed by atoms with Gasteiger partial charge in [0, 0.05) is 0 Å². The first kappa shape index (κ1) is 8.82. The summed E-state index contributed by atoms with van der Waals surface area (Å²) >= 11 is 1.34. The molecule has 0 aliphatic rings. The monoisotopic (exact) mass is 208 g/mol. The summed E-state index contributed by atoms with van der Waals surface area (Å²) in [5, 5.41) is 7.83. The lowest BCUT2D eigenvalue weighted by Gasteiger charge is -2.00. The molecule has 0 saturated carbocycles. The number of aromatic nitrogens is 4. The van der Waals surface area contributed by atoms with E-state index in [1.807, 2.05) is 0 Å². The highest BCUT2D eigenvalue weighted by atomic mass is 32.2. The van der Waals surface area contributed by atoms with Crippen LogP contribution in [0.1, 0.15) is 0 Å².